The van der Waals surface area contributed by atoms with Crippen LogP contribution in [0.2, 0.25) is 0 Å². The van der Waals surface area contributed by atoms with Crippen molar-refractivity contribution in [1.82, 2.24) is 5.16 Å². The Morgan fingerprint density at radius 3 is 2.84 bits per heavy atom. The van der Waals surface area contributed by atoms with Crippen LogP contribution in [-0.2, 0) is 6.42 Å². The van der Waals surface area contributed by atoms with Crippen molar-refractivity contribution in [2.45, 2.75) is 64.4 Å². The summed E-state index contributed by atoms with van der Waals surface area (Å²) in [7, 11) is 0. The SMILES string of the molecule is C#C[C@@]1(O)CC[C@H]2[C@H]3CCC4=Cc5oncc5C[C@@]4(C)[C@@H]3CC[C@]21C. The van der Waals surface area contributed by atoms with Crippen LogP contribution in [0, 0.1) is 40.9 Å². The first-order valence-electron chi connectivity index (χ1n) is 9.76. The van der Waals surface area contributed by atoms with Crippen molar-refractivity contribution < 1.29 is 9.63 Å². The number of terminal acetylenes is 1. The van der Waals surface area contributed by atoms with Gasteiger partial charge in [-0.2, -0.15) is 0 Å². The second-order valence-electron chi connectivity index (χ2n) is 9.39. The summed E-state index contributed by atoms with van der Waals surface area (Å²) in [6.45, 7) is 4.71. The highest BCUT2D eigenvalue weighted by Crippen LogP contribution is 2.67. The third-order valence-corrected chi connectivity index (χ3v) is 8.67. The summed E-state index contributed by atoms with van der Waals surface area (Å²) in [6, 6.07) is 0. The molecule has 4 aliphatic carbocycles. The average molecular weight is 337 g/mol. The maximum Gasteiger partial charge on any atom is 0.162 e. The lowest BCUT2D eigenvalue weighted by atomic mass is 9.46. The van der Waals surface area contributed by atoms with Crippen LogP contribution >= 0.6 is 0 Å². The van der Waals surface area contributed by atoms with Gasteiger partial charge in [-0.3, -0.25) is 0 Å². The van der Waals surface area contributed by atoms with Gasteiger partial charge in [0.15, 0.2) is 5.76 Å². The topological polar surface area (TPSA) is 46.3 Å². The molecule has 5 rings (SSSR count). The molecule has 0 unspecified atom stereocenters. The number of hydrogen-bond donors (Lipinski definition) is 1. The van der Waals surface area contributed by atoms with E-state index in [9.17, 15) is 5.11 Å². The predicted octanol–water partition coefficient (Wildman–Crippen LogP) is 4.22. The summed E-state index contributed by atoms with van der Waals surface area (Å²) < 4.78 is 5.43. The van der Waals surface area contributed by atoms with Crippen molar-refractivity contribution in [3.05, 3.63) is 23.1 Å². The molecule has 0 amide bonds. The zero-order valence-corrected chi connectivity index (χ0v) is 15.2. The summed E-state index contributed by atoms with van der Waals surface area (Å²) in [4.78, 5) is 0. The number of hydrogen-bond acceptors (Lipinski definition) is 3. The smallest absolute Gasteiger partial charge is 0.162 e. The molecule has 0 saturated heterocycles. The molecule has 1 heterocycles. The van der Waals surface area contributed by atoms with Crippen molar-refractivity contribution in [3.8, 4) is 12.3 Å². The molecule has 0 radical (unpaired) electrons. The number of aliphatic hydroxyl groups is 1. The quantitative estimate of drug-likeness (QED) is 0.721. The molecule has 3 nitrogen and oxygen atoms in total. The third kappa shape index (κ3) is 1.79. The van der Waals surface area contributed by atoms with E-state index in [-0.39, 0.29) is 10.8 Å². The molecule has 1 aromatic rings. The summed E-state index contributed by atoms with van der Waals surface area (Å²) in [6.07, 6.45) is 17.4. The van der Waals surface area contributed by atoms with Gasteiger partial charge < -0.3 is 9.63 Å². The highest BCUT2D eigenvalue weighted by Gasteiger charge is 2.63. The van der Waals surface area contributed by atoms with E-state index in [1.165, 1.54) is 12.0 Å². The van der Waals surface area contributed by atoms with Crippen LogP contribution in [-0.4, -0.2) is 15.9 Å². The first-order chi connectivity index (χ1) is 11.9. The lowest BCUT2D eigenvalue weighted by molar-refractivity contribution is -0.0975. The largest absolute Gasteiger partial charge is 0.377 e. The lowest BCUT2D eigenvalue weighted by Gasteiger charge is -2.58. The maximum atomic E-state index is 11.1. The van der Waals surface area contributed by atoms with Crippen molar-refractivity contribution in [1.29, 1.82) is 0 Å². The molecular formula is C22H27NO2. The Bertz CT molecular complexity index is 801. The van der Waals surface area contributed by atoms with Gasteiger partial charge >= 0.3 is 0 Å². The van der Waals surface area contributed by atoms with Crippen LogP contribution in [0.3, 0.4) is 0 Å². The first kappa shape index (κ1) is 15.7. The standard InChI is InChI=1S/C22H27NO2/c1-4-22(24)10-8-18-16-6-5-15-11-19-14(13-23-25-19)12-20(15,2)17(16)7-9-21(18,22)3/h1,11,13,16-18,24H,5-10,12H2,2-3H3/t16-,17+,18-,20+,21+,22+/m0/s1. The normalized spacial score (nSPS) is 47.8. The Labute approximate surface area is 149 Å². The van der Waals surface area contributed by atoms with Crippen molar-refractivity contribution in [2.75, 3.05) is 0 Å². The second-order valence-corrected chi connectivity index (χ2v) is 9.39. The van der Waals surface area contributed by atoms with E-state index in [4.69, 9.17) is 10.9 Å². The number of allylic oxidation sites excluding steroid dienone is 1. The number of nitrogens with zero attached hydrogens (tertiary/aromatic N) is 1. The predicted molar refractivity (Wildman–Crippen MR) is 96.4 cm³/mol. The van der Waals surface area contributed by atoms with E-state index >= 15 is 0 Å². The Morgan fingerprint density at radius 2 is 2.04 bits per heavy atom. The molecule has 0 aromatic carbocycles. The molecule has 1 N–H and O–H groups in total. The van der Waals surface area contributed by atoms with E-state index < -0.39 is 5.60 Å². The number of fused-ring (bicyclic) bond motifs is 6. The summed E-state index contributed by atoms with van der Waals surface area (Å²) >= 11 is 0. The molecule has 3 fully saturated rings. The molecule has 4 aliphatic rings. The van der Waals surface area contributed by atoms with E-state index in [2.05, 4.69) is 31.0 Å². The van der Waals surface area contributed by atoms with E-state index in [0.29, 0.717) is 17.8 Å². The fraction of sp³-hybridized carbons (Fsp3) is 0.682. The molecule has 0 spiro atoms. The average Bonchev–Trinajstić information content (AvgIpc) is 3.14. The van der Waals surface area contributed by atoms with Gasteiger partial charge in [-0.1, -0.05) is 30.5 Å². The lowest BCUT2D eigenvalue weighted by Crippen LogP contribution is -2.54. The minimum absolute atomic E-state index is 0.114. The van der Waals surface area contributed by atoms with Gasteiger partial charge in [0, 0.05) is 11.0 Å². The zero-order chi connectivity index (χ0) is 17.4. The number of aromatic nitrogens is 1. The van der Waals surface area contributed by atoms with Crippen LogP contribution < -0.4 is 0 Å². The number of rotatable bonds is 0. The van der Waals surface area contributed by atoms with Crippen LogP contribution in [0.1, 0.15) is 63.7 Å². The highest BCUT2D eigenvalue weighted by atomic mass is 16.5. The van der Waals surface area contributed by atoms with Crippen LogP contribution in [0.5, 0.6) is 0 Å². The minimum Gasteiger partial charge on any atom is -0.377 e. The minimum atomic E-state index is -0.909. The van der Waals surface area contributed by atoms with Gasteiger partial charge in [0.25, 0.3) is 0 Å². The zero-order valence-electron chi connectivity index (χ0n) is 15.2. The summed E-state index contributed by atoms with van der Waals surface area (Å²) in [5.74, 6) is 5.64. The van der Waals surface area contributed by atoms with E-state index in [1.54, 1.807) is 5.57 Å². The Morgan fingerprint density at radius 1 is 1.24 bits per heavy atom. The molecule has 6 atom stereocenters. The molecule has 3 heteroatoms. The van der Waals surface area contributed by atoms with E-state index in [1.807, 2.05) is 6.20 Å². The molecule has 1 aromatic heterocycles. The molecule has 132 valence electrons. The summed E-state index contributed by atoms with van der Waals surface area (Å²) in [5.41, 5.74) is 1.99. The fourth-order valence-electron chi connectivity index (χ4n) is 7.14. The Balaban J connectivity index is 1.53. The van der Waals surface area contributed by atoms with E-state index in [0.717, 1.165) is 44.3 Å². The Hall–Kier alpha value is -1.53. The molecule has 3 saturated carbocycles. The van der Waals surface area contributed by atoms with Crippen LogP contribution in [0.25, 0.3) is 6.08 Å². The van der Waals surface area contributed by atoms with Gasteiger partial charge in [0.1, 0.15) is 5.60 Å². The maximum absolute atomic E-state index is 11.1. The summed E-state index contributed by atoms with van der Waals surface area (Å²) in [5, 5.41) is 15.1. The van der Waals surface area contributed by atoms with Gasteiger partial charge in [-0.25, -0.2) is 0 Å². The Kier molecular flexibility index (Phi) is 3.01. The van der Waals surface area contributed by atoms with Gasteiger partial charge in [0.2, 0.25) is 0 Å². The molecule has 25 heavy (non-hydrogen) atoms. The van der Waals surface area contributed by atoms with Gasteiger partial charge in [0.05, 0.1) is 6.20 Å². The highest BCUT2D eigenvalue weighted by molar-refractivity contribution is 5.57. The molecule has 0 bridgehead atoms. The van der Waals surface area contributed by atoms with Crippen molar-refractivity contribution >= 4 is 6.08 Å². The van der Waals surface area contributed by atoms with Gasteiger partial charge in [-0.15, -0.1) is 6.42 Å². The monoisotopic (exact) mass is 337 g/mol. The third-order valence-electron chi connectivity index (χ3n) is 8.67. The first-order valence-corrected chi connectivity index (χ1v) is 9.76. The molecule has 0 aliphatic heterocycles. The van der Waals surface area contributed by atoms with Gasteiger partial charge in [-0.05, 0) is 74.2 Å². The van der Waals surface area contributed by atoms with Crippen molar-refractivity contribution in [3.63, 3.8) is 0 Å². The van der Waals surface area contributed by atoms with Crippen molar-refractivity contribution in [2.24, 2.45) is 28.6 Å². The van der Waals surface area contributed by atoms with Crippen LogP contribution in [0.15, 0.2) is 16.3 Å². The van der Waals surface area contributed by atoms with Crippen LogP contribution in [0.4, 0.5) is 0 Å². The molecular weight excluding hydrogens is 310 g/mol. The fourth-order valence-corrected chi connectivity index (χ4v) is 7.14. The second kappa shape index (κ2) is 4.80.